The van der Waals surface area contributed by atoms with Gasteiger partial charge in [-0.25, -0.2) is 9.97 Å². The monoisotopic (exact) mass is 253 g/mol. The lowest BCUT2D eigenvalue weighted by atomic mass is 10.4. The standard InChI is InChI=1S/C11H15N3O2S/c1-8-13-10(6-16-8)11-14-9(7-17-11)5-12-3-4-15-2/h6-7,12H,3-5H2,1-2H3. The molecule has 0 atom stereocenters. The molecule has 0 aromatic carbocycles. The van der Waals surface area contributed by atoms with Crippen LogP contribution in [0.15, 0.2) is 16.1 Å². The molecule has 17 heavy (non-hydrogen) atoms. The molecular formula is C11H15N3O2S. The van der Waals surface area contributed by atoms with E-state index in [1.807, 2.05) is 12.3 Å². The number of nitrogens with zero attached hydrogens (tertiary/aromatic N) is 2. The number of methoxy groups -OCH3 is 1. The molecule has 2 rings (SSSR count). The molecule has 6 heteroatoms. The van der Waals surface area contributed by atoms with Gasteiger partial charge in [-0.15, -0.1) is 11.3 Å². The highest BCUT2D eigenvalue weighted by Crippen LogP contribution is 2.22. The van der Waals surface area contributed by atoms with Crippen LogP contribution in [0.25, 0.3) is 10.7 Å². The zero-order valence-corrected chi connectivity index (χ0v) is 10.7. The molecule has 0 radical (unpaired) electrons. The van der Waals surface area contributed by atoms with Gasteiger partial charge in [-0.05, 0) is 0 Å². The summed E-state index contributed by atoms with van der Waals surface area (Å²) in [5.41, 5.74) is 1.82. The Kier molecular flexibility index (Phi) is 4.24. The Morgan fingerprint density at radius 1 is 1.47 bits per heavy atom. The number of ether oxygens (including phenoxy) is 1. The van der Waals surface area contributed by atoms with Gasteiger partial charge in [-0.2, -0.15) is 0 Å². The van der Waals surface area contributed by atoms with Gasteiger partial charge in [0.15, 0.2) is 5.89 Å². The van der Waals surface area contributed by atoms with Crippen LogP contribution < -0.4 is 5.32 Å². The van der Waals surface area contributed by atoms with Gasteiger partial charge in [0.2, 0.25) is 0 Å². The van der Waals surface area contributed by atoms with Gasteiger partial charge in [0.05, 0.1) is 12.3 Å². The van der Waals surface area contributed by atoms with Gasteiger partial charge in [-0.3, -0.25) is 0 Å². The van der Waals surface area contributed by atoms with E-state index < -0.39 is 0 Å². The third-order valence-electron chi connectivity index (χ3n) is 2.18. The molecule has 0 unspecified atom stereocenters. The summed E-state index contributed by atoms with van der Waals surface area (Å²) in [5.74, 6) is 0.662. The van der Waals surface area contributed by atoms with Crippen LogP contribution in [0.3, 0.4) is 0 Å². The van der Waals surface area contributed by atoms with E-state index in [0.717, 1.165) is 29.5 Å². The SMILES string of the molecule is COCCNCc1csc(-c2coc(C)n2)n1. The molecule has 0 amide bonds. The van der Waals surface area contributed by atoms with Crippen molar-refractivity contribution in [3.05, 3.63) is 23.2 Å². The van der Waals surface area contributed by atoms with E-state index in [0.29, 0.717) is 12.5 Å². The smallest absolute Gasteiger partial charge is 0.191 e. The Balaban J connectivity index is 1.92. The molecule has 0 saturated carbocycles. The Morgan fingerprint density at radius 2 is 2.35 bits per heavy atom. The molecule has 1 N–H and O–H groups in total. The Bertz CT molecular complexity index is 467. The second kappa shape index (κ2) is 5.90. The minimum absolute atomic E-state index is 0.662. The van der Waals surface area contributed by atoms with Crippen LogP contribution in [-0.4, -0.2) is 30.2 Å². The summed E-state index contributed by atoms with van der Waals surface area (Å²) in [5, 5.41) is 6.17. The van der Waals surface area contributed by atoms with Crippen LogP contribution in [0.2, 0.25) is 0 Å². The van der Waals surface area contributed by atoms with Crippen LogP contribution in [-0.2, 0) is 11.3 Å². The predicted octanol–water partition coefficient (Wildman–Crippen LogP) is 1.84. The number of hydrogen-bond acceptors (Lipinski definition) is 6. The maximum atomic E-state index is 5.16. The quantitative estimate of drug-likeness (QED) is 0.796. The molecule has 0 bridgehead atoms. The minimum Gasteiger partial charge on any atom is -0.449 e. The average molecular weight is 253 g/mol. The fraction of sp³-hybridized carbons (Fsp3) is 0.455. The number of aromatic nitrogens is 2. The number of hydrogen-bond donors (Lipinski definition) is 1. The number of thiazole rings is 1. The molecule has 0 spiro atoms. The van der Waals surface area contributed by atoms with Crippen molar-refractivity contribution in [3.8, 4) is 10.7 Å². The zero-order valence-electron chi connectivity index (χ0n) is 9.90. The molecule has 0 fully saturated rings. The average Bonchev–Trinajstić information content (AvgIpc) is 2.93. The van der Waals surface area contributed by atoms with Gasteiger partial charge >= 0.3 is 0 Å². The Hall–Kier alpha value is -1.24. The molecule has 2 aromatic heterocycles. The Morgan fingerprint density at radius 3 is 3.06 bits per heavy atom. The summed E-state index contributed by atoms with van der Waals surface area (Å²) in [6.07, 6.45) is 1.64. The first-order chi connectivity index (χ1) is 8.29. The van der Waals surface area contributed by atoms with Crippen molar-refractivity contribution in [2.24, 2.45) is 0 Å². The van der Waals surface area contributed by atoms with Gasteiger partial charge in [-0.1, -0.05) is 0 Å². The summed E-state index contributed by atoms with van der Waals surface area (Å²) >= 11 is 1.57. The third-order valence-corrected chi connectivity index (χ3v) is 3.09. The fourth-order valence-corrected chi connectivity index (χ4v) is 2.13. The lowest BCUT2D eigenvalue weighted by Gasteiger charge is -2.00. The summed E-state index contributed by atoms with van der Waals surface area (Å²) < 4.78 is 10.1. The van der Waals surface area contributed by atoms with E-state index in [9.17, 15) is 0 Å². The lowest BCUT2D eigenvalue weighted by molar-refractivity contribution is 0.199. The lowest BCUT2D eigenvalue weighted by Crippen LogP contribution is -2.18. The highest BCUT2D eigenvalue weighted by Gasteiger charge is 2.08. The molecule has 0 aliphatic heterocycles. The highest BCUT2D eigenvalue weighted by molar-refractivity contribution is 7.13. The van der Waals surface area contributed by atoms with Gasteiger partial charge in [0.25, 0.3) is 0 Å². The van der Waals surface area contributed by atoms with Crippen molar-refractivity contribution >= 4 is 11.3 Å². The molecule has 2 heterocycles. The van der Waals surface area contributed by atoms with Crippen LogP contribution >= 0.6 is 11.3 Å². The van der Waals surface area contributed by atoms with Crippen molar-refractivity contribution < 1.29 is 9.15 Å². The first-order valence-electron chi connectivity index (χ1n) is 5.36. The second-order valence-electron chi connectivity index (χ2n) is 3.57. The van der Waals surface area contributed by atoms with Gasteiger partial charge < -0.3 is 14.5 Å². The van der Waals surface area contributed by atoms with E-state index in [1.54, 1.807) is 24.7 Å². The van der Waals surface area contributed by atoms with Crippen LogP contribution in [0.4, 0.5) is 0 Å². The third kappa shape index (κ3) is 3.36. The van der Waals surface area contributed by atoms with E-state index in [1.165, 1.54) is 0 Å². The molecule has 92 valence electrons. The number of nitrogens with one attached hydrogen (secondary N) is 1. The fourth-order valence-electron chi connectivity index (χ4n) is 1.36. The first kappa shape index (κ1) is 12.2. The second-order valence-corrected chi connectivity index (χ2v) is 4.42. The first-order valence-corrected chi connectivity index (χ1v) is 6.24. The van der Waals surface area contributed by atoms with E-state index in [4.69, 9.17) is 9.15 Å². The van der Waals surface area contributed by atoms with E-state index in [2.05, 4.69) is 15.3 Å². The topological polar surface area (TPSA) is 60.2 Å². The molecule has 0 saturated heterocycles. The van der Waals surface area contributed by atoms with Crippen LogP contribution in [0.5, 0.6) is 0 Å². The Labute approximate surface area is 104 Å². The summed E-state index contributed by atoms with van der Waals surface area (Å²) in [7, 11) is 1.69. The molecule has 2 aromatic rings. The molecule has 0 aliphatic rings. The van der Waals surface area contributed by atoms with Crippen molar-refractivity contribution in [2.45, 2.75) is 13.5 Å². The highest BCUT2D eigenvalue weighted by atomic mass is 32.1. The van der Waals surface area contributed by atoms with Crippen molar-refractivity contribution in [1.82, 2.24) is 15.3 Å². The predicted molar refractivity (Wildman–Crippen MR) is 65.9 cm³/mol. The zero-order chi connectivity index (χ0) is 12.1. The maximum Gasteiger partial charge on any atom is 0.191 e. The van der Waals surface area contributed by atoms with Crippen molar-refractivity contribution in [2.75, 3.05) is 20.3 Å². The van der Waals surface area contributed by atoms with Gasteiger partial charge in [0.1, 0.15) is 17.0 Å². The summed E-state index contributed by atoms with van der Waals surface area (Å²) in [6.45, 7) is 4.10. The number of rotatable bonds is 6. The normalized spacial score (nSPS) is 10.9. The molecular weight excluding hydrogens is 238 g/mol. The maximum absolute atomic E-state index is 5.16. The number of oxazole rings is 1. The summed E-state index contributed by atoms with van der Waals surface area (Å²) in [6, 6.07) is 0. The van der Waals surface area contributed by atoms with E-state index >= 15 is 0 Å². The van der Waals surface area contributed by atoms with Crippen LogP contribution in [0, 0.1) is 6.92 Å². The molecule has 0 aliphatic carbocycles. The van der Waals surface area contributed by atoms with Crippen molar-refractivity contribution in [1.29, 1.82) is 0 Å². The van der Waals surface area contributed by atoms with Crippen LogP contribution in [0.1, 0.15) is 11.6 Å². The summed E-state index contributed by atoms with van der Waals surface area (Å²) in [4.78, 5) is 8.73. The minimum atomic E-state index is 0.662. The molecule has 5 nitrogen and oxygen atoms in total. The van der Waals surface area contributed by atoms with E-state index in [-0.39, 0.29) is 0 Å². The van der Waals surface area contributed by atoms with Gasteiger partial charge in [0, 0.05) is 32.5 Å². The van der Waals surface area contributed by atoms with Crippen molar-refractivity contribution in [3.63, 3.8) is 0 Å². The number of aryl methyl sites for hydroxylation is 1. The largest absolute Gasteiger partial charge is 0.449 e.